The molecule has 1 amide bonds. The number of benzene rings is 1. The van der Waals surface area contributed by atoms with E-state index in [4.69, 9.17) is 16.2 Å². The summed E-state index contributed by atoms with van der Waals surface area (Å²) in [5, 5.41) is 2.25. The van der Waals surface area contributed by atoms with Gasteiger partial charge in [-0.1, -0.05) is 11.6 Å². The largest absolute Gasteiger partial charge is 0.343 e. The van der Waals surface area contributed by atoms with Crippen molar-refractivity contribution in [2.45, 2.75) is 4.90 Å². The van der Waals surface area contributed by atoms with Crippen molar-refractivity contribution in [1.29, 1.82) is 0 Å². The van der Waals surface area contributed by atoms with Crippen LogP contribution in [0.25, 0.3) is 0 Å². The van der Waals surface area contributed by atoms with Gasteiger partial charge in [0.05, 0.1) is 9.92 Å². The molecule has 0 fully saturated rings. The topological polar surface area (TPSA) is 54.3 Å². The molecular weight excluding hydrogens is 310 g/mol. The van der Waals surface area contributed by atoms with Crippen molar-refractivity contribution < 1.29 is 18.1 Å². The van der Waals surface area contributed by atoms with Crippen molar-refractivity contribution in [3.8, 4) is 0 Å². The normalized spacial score (nSPS) is 10.7. The minimum absolute atomic E-state index is 0.0604. The Morgan fingerprint density at radius 2 is 2.15 bits per heavy atom. The minimum Gasteiger partial charge on any atom is -0.343 e. The van der Waals surface area contributed by atoms with Gasteiger partial charge in [0.2, 0.25) is 0 Å². The highest BCUT2D eigenvalue weighted by molar-refractivity contribution is 7.93. The lowest BCUT2D eigenvalue weighted by molar-refractivity contribution is 0.101. The third-order valence-corrected chi connectivity index (χ3v) is 3.35. The zero-order chi connectivity index (χ0) is 14.9. The van der Waals surface area contributed by atoms with E-state index in [1.165, 1.54) is 29.9 Å². The number of nitrogens with zero attached hydrogens (tertiary/aromatic N) is 1. The predicted molar refractivity (Wildman–Crippen MR) is 73.2 cm³/mol. The number of anilines is 1. The van der Waals surface area contributed by atoms with Crippen LogP contribution in [-0.2, 0) is 7.05 Å². The van der Waals surface area contributed by atoms with Gasteiger partial charge in [-0.15, -0.1) is 0 Å². The van der Waals surface area contributed by atoms with Gasteiger partial charge in [-0.2, -0.15) is 0 Å². The van der Waals surface area contributed by atoms with Crippen molar-refractivity contribution in [3.05, 3.63) is 46.7 Å². The number of nitrogens with one attached hydrogen (secondary N) is 1. The number of carbonyl (C=O) groups is 1. The number of amides is 1. The first-order chi connectivity index (χ1) is 9.43. The lowest BCUT2D eigenvalue weighted by atomic mass is 10.3. The Labute approximate surface area is 122 Å². The second-order valence-corrected chi connectivity index (χ2v) is 4.97. The van der Waals surface area contributed by atoms with Gasteiger partial charge in [0.15, 0.2) is 5.82 Å². The lowest BCUT2D eigenvalue weighted by Crippen LogP contribution is -2.17. The van der Waals surface area contributed by atoms with E-state index in [0.29, 0.717) is 0 Å². The number of aryl methyl sites for hydroxylation is 1. The summed E-state index contributed by atoms with van der Waals surface area (Å²) in [4.78, 5) is 11.9. The summed E-state index contributed by atoms with van der Waals surface area (Å²) in [6.45, 7) is 0. The Bertz CT molecular complexity index is 676. The summed E-state index contributed by atoms with van der Waals surface area (Å²) in [7, 11) is 1.47. The van der Waals surface area contributed by atoms with Crippen molar-refractivity contribution in [1.82, 2.24) is 4.57 Å². The maximum Gasteiger partial charge on any atom is 0.275 e. The third-order valence-electron chi connectivity index (χ3n) is 2.58. The maximum absolute atomic E-state index is 13.8. The molecule has 2 N–H and O–H groups in total. The fourth-order valence-corrected chi connectivity index (χ4v) is 2.22. The van der Waals surface area contributed by atoms with E-state index in [1.54, 1.807) is 0 Å². The molecule has 0 saturated carbocycles. The second-order valence-electron chi connectivity index (χ2n) is 3.94. The Kier molecular flexibility index (Phi) is 4.32. The summed E-state index contributed by atoms with van der Waals surface area (Å²) in [5.74, 6) is -2.17. The van der Waals surface area contributed by atoms with Gasteiger partial charge >= 0.3 is 0 Å². The van der Waals surface area contributed by atoms with E-state index < -0.39 is 17.5 Å². The Hall–Kier alpha value is -1.57. The SMILES string of the molecule is Cn1cc(SO)c(F)c1C(=O)Nc1ccc(F)c(Cl)c1. The first kappa shape index (κ1) is 14.8. The molecule has 1 aromatic carbocycles. The summed E-state index contributed by atoms with van der Waals surface area (Å²) in [6, 6.07) is 3.62. The molecule has 0 spiro atoms. The Balaban J connectivity index is 2.28. The number of aromatic nitrogens is 1. The fourth-order valence-electron chi connectivity index (χ4n) is 1.66. The molecule has 0 atom stereocenters. The fraction of sp³-hybridized carbons (Fsp3) is 0.0833. The molecule has 0 aliphatic rings. The van der Waals surface area contributed by atoms with Crippen LogP contribution in [0.15, 0.2) is 29.3 Å². The van der Waals surface area contributed by atoms with E-state index >= 15 is 0 Å². The van der Waals surface area contributed by atoms with Crippen LogP contribution in [0.2, 0.25) is 5.02 Å². The molecule has 106 valence electrons. The molecule has 0 aliphatic carbocycles. The van der Waals surface area contributed by atoms with E-state index in [2.05, 4.69) is 5.32 Å². The number of hydrogen-bond acceptors (Lipinski definition) is 3. The van der Waals surface area contributed by atoms with Gasteiger partial charge in [0.25, 0.3) is 5.91 Å². The molecular formula is C12H9ClF2N2O2S. The molecule has 0 aliphatic heterocycles. The molecule has 2 rings (SSSR count). The van der Waals surface area contributed by atoms with Gasteiger partial charge in [0, 0.05) is 31.0 Å². The predicted octanol–water partition coefficient (Wildman–Crippen LogP) is 3.77. The Morgan fingerprint density at radius 1 is 1.45 bits per heavy atom. The van der Waals surface area contributed by atoms with Crippen LogP contribution >= 0.6 is 23.6 Å². The number of hydrogen-bond donors (Lipinski definition) is 2. The highest BCUT2D eigenvalue weighted by Crippen LogP contribution is 2.25. The van der Waals surface area contributed by atoms with Gasteiger partial charge in [-0.25, -0.2) is 8.78 Å². The molecule has 0 bridgehead atoms. The van der Waals surface area contributed by atoms with Crippen LogP contribution in [0.5, 0.6) is 0 Å². The molecule has 0 unspecified atom stereocenters. The smallest absolute Gasteiger partial charge is 0.275 e. The van der Waals surface area contributed by atoms with E-state index in [1.807, 2.05) is 0 Å². The number of carbonyl (C=O) groups excluding carboxylic acids is 1. The minimum atomic E-state index is -0.828. The van der Waals surface area contributed by atoms with Crippen LogP contribution in [-0.4, -0.2) is 15.0 Å². The number of rotatable bonds is 3. The molecule has 20 heavy (non-hydrogen) atoms. The van der Waals surface area contributed by atoms with Gasteiger partial charge < -0.3 is 14.4 Å². The summed E-state index contributed by atoms with van der Waals surface area (Å²) >= 11 is 5.80. The monoisotopic (exact) mass is 318 g/mol. The Morgan fingerprint density at radius 3 is 2.70 bits per heavy atom. The highest BCUT2D eigenvalue weighted by atomic mass is 35.5. The third kappa shape index (κ3) is 2.79. The molecule has 0 radical (unpaired) electrons. The van der Waals surface area contributed by atoms with Crippen LogP contribution < -0.4 is 5.32 Å². The highest BCUT2D eigenvalue weighted by Gasteiger charge is 2.21. The molecule has 0 saturated heterocycles. The molecule has 8 heteroatoms. The van der Waals surface area contributed by atoms with E-state index in [0.717, 1.165) is 6.07 Å². The van der Waals surface area contributed by atoms with Crippen LogP contribution in [0, 0.1) is 11.6 Å². The zero-order valence-corrected chi connectivity index (χ0v) is 11.7. The van der Waals surface area contributed by atoms with Crippen molar-refractivity contribution in [3.63, 3.8) is 0 Å². The van der Waals surface area contributed by atoms with Crippen LogP contribution in [0.3, 0.4) is 0 Å². The second kappa shape index (κ2) is 5.82. The van der Waals surface area contributed by atoms with Gasteiger partial charge in [-0.3, -0.25) is 4.79 Å². The summed E-state index contributed by atoms with van der Waals surface area (Å²) in [5.41, 5.74) is -0.0119. The molecule has 1 aromatic heterocycles. The van der Waals surface area contributed by atoms with Gasteiger partial charge in [-0.05, 0) is 18.2 Å². The van der Waals surface area contributed by atoms with Crippen molar-refractivity contribution >= 4 is 35.2 Å². The summed E-state index contributed by atoms with van der Waals surface area (Å²) < 4.78 is 37.0. The first-order valence-electron chi connectivity index (χ1n) is 5.36. The van der Waals surface area contributed by atoms with E-state index in [9.17, 15) is 13.6 Å². The van der Waals surface area contributed by atoms with Crippen LogP contribution in [0.4, 0.5) is 14.5 Å². The first-order valence-corrected chi connectivity index (χ1v) is 6.51. The zero-order valence-electron chi connectivity index (χ0n) is 10.2. The number of halogens is 3. The lowest BCUT2D eigenvalue weighted by Gasteiger charge is -2.07. The molecule has 4 nitrogen and oxygen atoms in total. The van der Waals surface area contributed by atoms with Crippen LogP contribution in [0.1, 0.15) is 10.5 Å². The van der Waals surface area contributed by atoms with Crippen molar-refractivity contribution in [2.75, 3.05) is 5.32 Å². The van der Waals surface area contributed by atoms with Crippen molar-refractivity contribution in [2.24, 2.45) is 7.05 Å². The average molecular weight is 319 g/mol. The quantitative estimate of drug-likeness (QED) is 0.847. The van der Waals surface area contributed by atoms with E-state index in [-0.39, 0.29) is 33.3 Å². The van der Waals surface area contributed by atoms with Gasteiger partial charge in [0.1, 0.15) is 11.5 Å². The maximum atomic E-state index is 13.8. The molecule has 1 heterocycles. The standard InChI is InChI=1S/C12H9ClF2N2O2S/c1-17-5-9(20-19)10(15)11(17)12(18)16-6-2-3-8(14)7(13)4-6/h2-5,19H,1H3,(H,16,18). The average Bonchev–Trinajstić information content (AvgIpc) is 2.68. The molecule has 2 aromatic rings. The summed E-state index contributed by atoms with van der Waals surface area (Å²) in [6.07, 6.45) is 1.28.